The highest BCUT2D eigenvalue weighted by Crippen LogP contribution is 2.35. The molecular formula is C20H15ClF2N4O2. The van der Waals surface area contributed by atoms with Crippen molar-refractivity contribution in [2.45, 2.75) is 19.4 Å². The molecule has 0 bridgehead atoms. The molecule has 1 atom stereocenters. The molecule has 0 unspecified atom stereocenters. The van der Waals surface area contributed by atoms with Crippen LogP contribution < -0.4 is 10.6 Å². The minimum atomic E-state index is -1.08. The molecule has 0 spiro atoms. The van der Waals surface area contributed by atoms with Gasteiger partial charge in [-0.2, -0.15) is 5.10 Å². The Labute approximate surface area is 169 Å². The molecular weight excluding hydrogens is 402 g/mol. The van der Waals surface area contributed by atoms with E-state index >= 15 is 0 Å². The molecule has 1 aliphatic rings. The van der Waals surface area contributed by atoms with Gasteiger partial charge >= 0.3 is 0 Å². The van der Waals surface area contributed by atoms with Crippen LogP contribution in [0.2, 0.25) is 5.02 Å². The Morgan fingerprint density at radius 2 is 2.03 bits per heavy atom. The van der Waals surface area contributed by atoms with Gasteiger partial charge in [-0.05, 0) is 31.2 Å². The second kappa shape index (κ2) is 7.29. The Morgan fingerprint density at radius 1 is 1.24 bits per heavy atom. The number of amides is 2. The van der Waals surface area contributed by atoms with E-state index in [0.717, 1.165) is 17.7 Å². The molecule has 6 nitrogen and oxygen atoms in total. The Balaban J connectivity index is 1.70. The summed E-state index contributed by atoms with van der Waals surface area (Å²) in [4.78, 5) is 25.0. The lowest BCUT2D eigenvalue weighted by atomic mass is 10.1. The van der Waals surface area contributed by atoms with Crippen molar-refractivity contribution in [2.75, 3.05) is 10.6 Å². The van der Waals surface area contributed by atoms with Crippen molar-refractivity contribution in [1.82, 2.24) is 9.78 Å². The highest BCUT2D eigenvalue weighted by molar-refractivity contribution is 6.30. The number of benzene rings is 2. The number of aromatic nitrogens is 2. The van der Waals surface area contributed by atoms with Gasteiger partial charge < -0.3 is 10.6 Å². The quantitative estimate of drug-likeness (QED) is 0.668. The highest BCUT2D eigenvalue weighted by Gasteiger charge is 2.34. The minimum Gasteiger partial charge on any atom is -0.324 e. The highest BCUT2D eigenvalue weighted by atomic mass is 35.5. The maximum atomic E-state index is 13.4. The van der Waals surface area contributed by atoms with Crippen LogP contribution in [0.3, 0.4) is 0 Å². The van der Waals surface area contributed by atoms with Gasteiger partial charge in [0.25, 0.3) is 0 Å². The zero-order valence-corrected chi connectivity index (χ0v) is 15.9. The van der Waals surface area contributed by atoms with E-state index in [9.17, 15) is 18.4 Å². The standard InChI is InChI=1S/C20H15ClF2N4O2/c1-10-18(11-3-2-4-12(21)7-11)26-27-16(9-17(28)25-19(10)27)20(29)24-13-5-6-14(22)15(23)8-13/h2-8,16H,9H2,1H3,(H,24,29)(H,25,28)/t16-/m1/s1. The van der Waals surface area contributed by atoms with E-state index in [2.05, 4.69) is 15.7 Å². The van der Waals surface area contributed by atoms with Crippen molar-refractivity contribution < 1.29 is 18.4 Å². The van der Waals surface area contributed by atoms with Crippen LogP contribution in [0.5, 0.6) is 0 Å². The van der Waals surface area contributed by atoms with E-state index in [1.165, 1.54) is 10.7 Å². The predicted octanol–water partition coefficient (Wildman–Crippen LogP) is 4.31. The van der Waals surface area contributed by atoms with E-state index in [1.807, 2.05) is 6.07 Å². The topological polar surface area (TPSA) is 76.0 Å². The molecule has 0 radical (unpaired) electrons. The van der Waals surface area contributed by atoms with Crippen LogP contribution in [0.25, 0.3) is 11.3 Å². The zero-order valence-electron chi connectivity index (χ0n) is 15.2. The van der Waals surface area contributed by atoms with Crippen LogP contribution in [0, 0.1) is 18.6 Å². The summed E-state index contributed by atoms with van der Waals surface area (Å²) in [7, 11) is 0. The third-order valence-corrected chi connectivity index (χ3v) is 4.90. The summed E-state index contributed by atoms with van der Waals surface area (Å²) in [5, 5.41) is 10.3. The van der Waals surface area contributed by atoms with Crippen LogP contribution in [0.15, 0.2) is 42.5 Å². The third kappa shape index (κ3) is 3.58. The van der Waals surface area contributed by atoms with Gasteiger partial charge in [-0.1, -0.05) is 23.7 Å². The van der Waals surface area contributed by atoms with E-state index in [-0.39, 0.29) is 18.0 Å². The second-order valence-corrected chi connectivity index (χ2v) is 7.10. The van der Waals surface area contributed by atoms with Gasteiger partial charge in [-0.3, -0.25) is 9.59 Å². The summed E-state index contributed by atoms with van der Waals surface area (Å²) in [6.45, 7) is 1.78. The molecule has 0 saturated heterocycles. The largest absolute Gasteiger partial charge is 0.324 e. The molecule has 148 valence electrons. The number of hydrogen-bond acceptors (Lipinski definition) is 3. The molecule has 0 aliphatic carbocycles. The number of carbonyl (C=O) groups is 2. The van der Waals surface area contributed by atoms with Gasteiger partial charge in [0.15, 0.2) is 11.6 Å². The molecule has 2 amide bonds. The second-order valence-electron chi connectivity index (χ2n) is 6.66. The summed E-state index contributed by atoms with van der Waals surface area (Å²) in [5.74, 6) is -2.60. The lowest BCUT2D eigenvalue weighted by molar-refractivity contribution is -0.125. The van der Waals surface area contributed by atoms with E-state index < -0.39 is 23.6 Å². The molecule has 3 aromatic rings. The van der Waals surface area contributed by atoms with Crippen molar-refractivity contribution in [2.24, 2.45) is 0 Å². The maximum absolute atomic E-state index is 13.4. The normalized spacial score (nSPS) is 15.6. The Morgan fingerprint density at radius 3 is 2.76 bits per heavy atom. The van der Waals surface area contributed by atoms with Crippen LogP contribution in [-0.2, 0) is 9.59 Å². The van der Waals surface area contributed by atoms with Gasteiger partial charge in [0.2, 0.25) is 11.8 Å². The first-order chi connectivity index (χ1) is 13.8. The Kier molecular flexibility index (Phi) is 4.79. The summed E-state index contributed by atoms with van der Waals surface area (Å²) in [6.07, 6.45) is -0.140. The Bertz CT molecular complexity index is 1150. The van der Waals surface area contributed by atoms with Crippen LogP contribution in [0.1, 0.15) is 18.0 Å². The number of rotatable bonds is 3. The molecule has 29 heavy (non-hydrogen) atoms. The summed E-state index contributed by atoms with van der Waals surface area (Å²) < 4.78 is 28.0. The number of fused-ring (bicyclic) bond motifs is 1. The first-order valence-electron chi connectivity index (χ1n) is 8.74. The fourth-order valence-electron chi connectivity index (χ4n) is 3.25. The molecule has 4 rings (SSSR count). The maximum Gasteiger partial charge on any atom is 0.249 e. The lowest BCUT2D eigenvalue weighted by Crippen LogP contribution is -2.36. The number of halogens is 3. The SMILES string of the molecule is Cc1c(-c2cccc(Cl)c2)nn2c1NC(=O)C[C@@H]2C(=O)Nc1ccc(F)c(F)c1. The van der Waals surface area contributed by atoms with E-state index in [4.69, 9.17) is 11.6 Å². The average molecular weight is 417 g/mol. The molecule has 2 N–H and O–H groups in total. The van der Waals surface area contributed by atoms with Gasteiger partial charge in [-0.25, -0.2) is 13.5 Å². The number of nitrogens with one attached hydrogen (secondary N) is 2. The average Bonchev–Trinajstić information content (AvgIpc) is 3.01. The number of carbonyl (C=O) groups excluding carboxylic acids is 2. The Hall–Kier alpha value is -3.26. The molecule has 1 aromatic heterocycles. The van der Waals surface area contributed by atoms with Crippen molar-refractivity contribution in [3.8, 4) is 11.3 Å². The lowest BCUT2D eigenvalue weighted by Gasteiger charge is -2.24. The van der Waals surface area contributed by atoms with Crippen LogP contribution in [-0.4, -0.2) is 21.6 Å². The molecule has 0 saturated carbocycles. The predicted molar refractivity (Wildman–Crippen MR) is 105 cm³/mol. The van der Waals surface area contributed by atoms with Crippen LogP contribution >= 0.6 is 11.6 Å². The fraction of sp³-hybridized carbons (Fsp3) is 0.150. The first kappa shape index (κ1) is 19.1. The van der Waals surface area contributed by atoms with Gasteiger partial charge in [0, 0.05) is 27.9 Å². The summed E-state index contributed by atoms with van der Waals surface area (Å²) in [5.41, 5.74) is 2.09. The molecule has 9 heteroatoms. The van der Waals surface area contributed by atoms with Gasteiger partial charge in [0.05, 0.1) is 12.1 Å². The van der Waals surface area contributed by atoms with Gasteiger partial charge in [-0.15, -0.1) is 0 Å². The first-order valence-corrected chi connectivity index (χ1v) is 9.12. The molecule has 2 heterocycles. The van der Waals surface area contributed by atoms with Crippen molar-refractivity contribution in [3.05, 3.63) is 64.7 Å². The van der Waals surface area contributed by atoms with Crippen LogP contribution in [0.4, 0.5) is 20.3 Å². The monoisotopic (exact) mass is 416 g/mol. The summed E-state index contributed by atoms with van der Waals surface area (Å²) >= 11 is 6.06. The van der Waals surface area contributed by atoms with E-state index in [1.54, 1.807) is 25.1 Å². The fourth-order valence-corrected chi connectivity index (χ4v) is 3.44. The molecule has 0 fully saturated rings. The van der Waals surface area contributed by atoms with E-state index in [0.29, 0.717) is 22.1 Å². The van der Waals surface area contributed by atoms with Gasteiger partial charge in [0.1, 0.15) is 11.9 Å². The minimum absolute atomic E-state index is 0.0837. The van der Waals surface area contributed by atoms with Crippen molar-refractivity contribution in [3.63, 3.8) is 0 Å². The smallest absolute Gasteiger partial charge is 0.249 e. The summed E-state index contributed by atoms with van der Waals surface area (Å²) in [6, 6.07) is 9.16. The third-order valence-electron chi connectivity index (χ3n) is 4.67. The number of hydrogen-bond donors (Lipinski definition) is 2. The molecule has 2 aromatic carbocycles. The zero-order chi connectivity index (χ0) is 20.7. The van der Waals surface area contributed by atoms with Crippen molar-refractivity contribution in [1.29, 1.82) is 0 Å². The number of anilines is 2. The molecule has 1 aliphatic heterocycles. The number of nitrogens with zero attached hydrogens (tertiary/aromatic N) is 2. The van der Waals surface area contributed by atoms with Crippen molar-refractivity contribution >= 4 is 34.9 Å².